The van der Waals surface area contributed by atoms with Crippen molar-refractivity contribution in [2.45, 2.75) is 12.8 Å². The second-order valence-corrected chi connectivity index (χ2v) is 8.37. The lowest BCUT2D eigenvalue weighted by molar-refractivity contribution is -0.384. The maximum atomic E-state index is 12.1. The maximum Gasteiger partial charge on any atom is 0.313 e. The number of amides is 2. The number of hydrogen-bond acceptors (Lipinski definition) is 7. The molecule has 1 aromatic heterocycles. The van der Waals surface area contributed by atoms with Gasteiger partial charge in [-0.1, -0.05) is 23.5 Å². The predicted molar refractivity (Wildman–Crippen MR) is 119 cm³/mol. The molecule has 0 bridgehead atoms. The van der Waals surface area contributed by atoms with Gasteiger partial charge in [0.15, 0.2) is 5.13 Å². The van der Waals surface area contributed by atoms with Gasteiger partial charge < -0.3 is 15.5 Å². The van der Waals surface area contributed by atoms with Crippen molar-refractivity contribution >= 4 is 49.9 Å². The van der Waals surface area contributed by atoms with E-state index in [0.717, 1.165) is 36.6 Å². The third-order valence-corrected chi connectivity index (χ3v) is 6.36. The van der Waals surface area contributed by atoms with Gasteiger partial charge in [-0.05, 0) is 43.0 Å². The van der Waals surface area contributed by atoms with Crippen LogP contribution in [0.3, 0.4) is 0 Å². The highest BCUT2D eigenvalue weighted by molar-refractivity contribution is 7.22. The molecule has 3 aromatic rings. The number of nitro benzene ring substituents is 1. The van der Waals surface area contributed by atoms with Crippen LogP contribution in [0.25, 0.3) is 10.2 Å². The number of rotatable bonds is 5. The minimum atomic E-state index is -0.791. The first-order chi connectivity index (χ1) is 15.0. The summed E-state index contributed by atoms with van der Waals surface area (Å²) in [5, 5.41) is 16.8. The number of nitrogens with one attached hydrogen (secondary N) is 2. The summed E-state index contributed by atoms with van der Waals surface area (Å²) in [5.41, 5.74) is 1.26. The first-order valence-electron chi connectivity index (χ1n) is 9.94. The van der Waals surface area contributed by atoms with Crippen molar-refractivity contribution in [2.24, 2.45) is 5.92 Å². The lowest BCUT2D eigenvalue weighted by Gasteiger charge is -2.31. The zero-order valence-electron chi connectivity index (χ0n) is 16.6. The van der Waals surface area contributed by atoms with E-state index in [0.29, 0.717) is 18.2 Å². The van der Waals surface area contributed by atoms with E-state index in [2.05, 4.69) is 21.6 Å². The summed E-state index contributed by atoms with van der Waals surface area (Å²) in [5.74, 6) is -1.21. The molecule has 0 atom stereocenters. The van der Waals surface area contributed by atoms with Gasteiger partial charge in [0.25, 0.3) is 5.69 Å². The van der Waals surface area contributed by atoms with Gasteiger partial charge in [0.1, 0.15) is 0 Å². The highest BCUT2D eigenvalue weighted by atomic mass is 32.1. The van der Waals surface area contributed by atoms with Crippen molar-refractivity contribution in [2.75, 3.05) is 29.9 Å². The molecule has 0 radical (unpaired) electrons. The molecule has 1 aliphatic heterocycles. The number of nitro groups is 1. The molecule has 2 N–H and O–H groups in total. The molecule has 31 heavy (non-hydrogen) atoms. The topological polar surface area (TPSA) is 117 Å². The number of piperidine rings is 1. The maximum absolute atomic E-state index is 12.1. The number of fused-ring (bicyclic) bond motifs is 1. The minimum absolute atomic E-state index is 0.0837. The number of para-hydroxylation sites is 1. The highest BCUT2D eigenvalue weighted by Crippen LogP contribution is 2.31. The molecule has 10 heteroatoms. The number of nitrogens with zero attached hydrogens (tertiary/aromatic N) is 3. The third kappa shape index (κ3) is 4.97. The fraction of sp³-hybridized carbons (Fsp3) is 0.286. The minimum Gasteiger partial charge on any atom is -0.348 e. The molecule has 2 amide bonds. The summed E-state index contributed by atoms with van der Waals surface area (Å²) in [6.07, 6.45) is 1.81. The second kappa shape index (κ2) is 9.09. The number of benzene rings is 2. The van der Waals surface area contributed by atoms with Gasteiger partial charge in [0.05, 0.1) is 15.1 Å². The van der Waals surface area contributed by atoms with E-state index < -0.39 is 16.7 Å². The van der Waals surface area contributed by atoms with Gasteiger partial charge in [-0.2, -0.15) is 0 Å². The predicted octanol–water partition coefficient (Wildman–Crippen LogP) is 3.18. The zero-order chi connectivity index (χ0) is 21.8. The first kappa shape index (κ1) is 20.7. The second-order valence-electron chi connectivity index (χ2n) is 7.36. The van der Waals surface area contributed by atoms with Gasteiger partial charge in [-0.3, -0.25) is 19.7 Å². The molecule has 0 spiro atoms. The van der Waals surface area contributed by atoms with Gasteiger partial charge in [-0.25, -0.2) is 4.98 Å². The number of anilines is 2. The van der Waals surface area contributed by atoms with Crippen LogP contribution < -0.4 is 15.5 Å². The number of carbonyl (C=O) groups excluding carboxylic acids is 2. The van der Waals surface area contributed by atoms with Crippen LogP contribution in [0.4, 0.5) is 16.5 Å². The lowest BCUT2D eigenvalue weighted by Crippen LogP contribution is -2.41. The first-order valence-corrected chi connectivity index (χ1v) is 10.8. The van der Waals surface area contributed by atoms with Gasteiger partial charge in [0.2, 0.25) is 0 Å². The number of aromatic nitrogens is 1. The fourth-order valence-electron chi connectivity index (χ4n) is 3.50. The summed E-state index contributed by atoms with van der Waals surface area (Å²) >= 11 is 1.69. The Hall–Kier alpha value is -3.53. The van der Waals surface area contributed by atoms with Crippen molar-refractivity contribution in [3.8, 4) is 0 Å². The Morgan fingerprint density at radius 1 is 1.10 bits per heavy atom. The summed E-state index contributed by atoms with van der Waals surface area (Å²) in [6.45, 7) is 2.14. The number of carbonyl (C=O) groups is 2. The Morgan fingerprint density at radius 3 is 2.48 bits per heavy atom. The average molecular weight is 439 g/mol. The van der Waals surface area contributed by atoms with Gasteiger partial charge in [0, 0.05) is 37.5 Å². The average Bonchev–Trinajstić information content (AvgIpc) is 3.22. The Bertz CT molecular complexity index is 1070. The largest absolute Gasteiger partial charge is 0.348 e. The molecule has 4 rings (SSSR count). The van der Waals surface area contributed by atoms with Crippen LogP contribution in [0.2, 0.25) is 0 Å². The molecule has 160 valence electrons. The van der Waals surface area contributed by atoms with Gasteiger partial charge >= 0.3 is 11.8 Å². The Morgan fingerprint density at radius 2 is 1.81 bits per heavy atom. The normalized spacial score (nSPS) is 14.4. The van der Waals surface area contributed by atoms with Crippen molar-refractivity contribution in [1.29, 1.82) is 0 Å². The van der Waals surface area contributed by atoms with Crippen LogP contribution >= 0.6 is 11.3 Å². The Kier molecular flexibility index (Phi) is 6.08. The Balaban J connectivity index is 1.23. The number of thiazole rings is 1. The molecule has 0 aliphatic carbocycles. The van der Waals surface area contributed by atoms with E-state index in [9.17, 15) is 19.7 Å². The molecule has 1 aliphatic rings. The molecule has 1 saturated heterocycles. The monoisotopic (exact) mass is 439 g/mol. The molecule has 0 unspecified atom stereocenters. The van der Waals surface area contributed by atoms with Crippen molar-refractivity contribution < 1.29 is 14.5 Å². The van der Waals surface area contributed by atoms with Crippen molar-refractivity contribution in [1.82, 2.24) is 10.3 Å². The third-order valence-electron chi connectivity index (χ3n) is 5.26. The smallest absolute Gasteiger partial charge is 0.313 e. The summed E-state index contributed by atoms with van der Waals surface area (Å²) in [4.78, 5) is 41.3. The molecular weight excluding hydrogens is 418 g/mol. The molecule has 1 fully saturated rings. The van der Waals surface area contributed by atoms with Crippen LogP contribution in [0.15, 0.2) is 48.5 Å². The number of non-ortho nitro benzene ring substituents is 1. The van der Waals surface area contributed by atoms with Crippen LogP contribution in [0.1, 0.15) is 12.8 Å². The quantitative estimate of drug-likeness (QED) is 0.358. The molecule has 9 nitrogen and oxygen atoms in total. The Labute approximate surface area is 182 Å². The van der Waals surface area contributed by atoms with E-state index >= 15 is 0 Å². The van der Waals surface area contributed by atoms with Gasteiger partial charge in [-0.15, -0.1) is 0 Å². The number of hydrogen-bond donors (Lipinski definition) is 2. The van der Waals surface area contributed by atoms with Crippen molar-refractivity contribution in [3.63, 3.8) is 0 Å². The van der Waals surface area contributed by atoms with Crippen LogP contribution in [0, 0.1) is 16.0 Å². The summed E-state index contributed by atoms with van der Waals surface area (Å²) in [6, 6.07) is 13.4. The van der Waals surface area contributed by atoms with Crippen LogP contribution in [-0.2, 0) is 9.59 Å². The van der Waals surface area contributed by atoms with E-state index in [-0.39, 0.29) is 5.69 Å². The SMILES string of the molecule is O=C(NCC1CCN(c2nc3ccccc3s2)CC1)C(=O)Nc1ccc([N+](=O)[O-])cc1. The highest BCUT2D eigenvalue weighted by Gasteiger charge is 2.23. The fourth-order valence-corrected chi connectivity index (χ4v) is 4.51. The van der Waals surface area contributed by atoms with Crippen LogP contribution in [0.5, 0.6) is 0 Å². The standard InChI is InChI=1S/C21H21N5O4S/c27-19(20(28)23-15-5-7-16(8-6-15)26(29)30)22-13-14-9-11-25(12-10-14)21-24-17-3-1-2-4-18(17)31-21/h1-8,14H,9-13H2,(H,22,27)(H,23,28). The van der Waals surface area contributed by atoms with Crippen LogP contribution in [-0.4, -0.2) is 41.4 Å². The summed E-state index contributed by atoms with van der Waals surface area (Å²) in [7, 11) is 0. The van der Waals surface area contributed by atoms with E-state index in [1.54, 1.807) is 11.3 Å². The summed E-state index contributed by atoms with van der Waals surface area (Å²) < 4.78 is 1.17. The molecule has 2 heterocycles. The van der Waals surface area contributed by atoms with E-state index in [4.69, 9.17) is 4.98 Å². The van der Waals surface area contributed by atoms with Crippen molar-refractivity contribution in [3.05, 3.63) is 58.6 Å². The van der Waals surface area contributed by atoms with E-state index in [1.165, 1.54) is 29.0 Å². The zero-order valence-corrected chi connectivity index (χ0v) is 17.4. The molecular formula is C21H21N5O4S. The lowest BCUT2D eigenvalue weighted by atomic mass is 9.97. The molecule has 0 saturated carbocycles. The van der Waals surface area contributed by atoms with E-state index in [1.807, 2.05) is 18.2 Å². The molecule has 2 aromatic carbocycles.